The van der Waals surface area contributed by atoms with Gasteiger partial charge < -0.3 is 14.8 Å². The van der Waals surface area contributed by atoms with Crippen LogP contribution in [0.25, 0.3) is 10.8 Å². The van der Waals surface area contributed by atoms with Crippen molar-refractivity contribution in [3.05, 3.63) is 112 Å². The first-order chi connectivity index (χ1) is 18.4. The predicted molar refractivity (Wildman–Crippen MR) is 144 cm³/mol. The van der Waals surface area contributed by atoms with Gasteiger partial charge in [0.25, 0.3) is 11.9 Å². The van der Waals surface area contributed by atoms with Crippen molar-refractivity contribution in [1.82, 2.24) is 5.32 Å². The minimum Gasteiger partial charge on any atom is -0.493 e. The van der Waals surface area contributed by atoms with Crippen molar-refractivity contribution in [3.8, 4) is 11.5 Å². The molecule has 0 aliphatic carbocycles. The molecule has 2 aliphatic rings. The fraction of sp³-hybridized carbons (Fsp3) is 0.233. The van der Waals surface area contributed by atoms with Gasteiger partial charge in [-0.2, -0.15) is 0 Å². The summed E-state index contributed by atoms with van der Waals surface area (Å²) in [5, 5.41) is 21.0. The Morgan fingerprint density at radius 3 is 2.55 bits per heavy atom. The van der Waals surface area contributed by atoms with Gasteiger partial charge in [-0.25, -0.2) is 0 Å². The van der Waals surface area contributed by atoms with Gasteiger partial charge in [0.15, 0.2) is 17.0 Å². The number of nitro groups is 1. The number of hydrogen-bond acceptors (Lipinski definition) is 6. The molecule has 192 valence electrons. The van der Waals surface area contributed by atoms with Crippen molar-refractivity contribution in [2.24, 2.45) is 0 Å². The summed E-state index contributed by atoms with van der Waals surface area (Å²) in [5.41, 5.74) is 1.49. The number of para-hydroxylation sites is 1. The van der Waals surface area contributed by atoms with Crippen LogP contribution in [0.15, 0.2) is 84.9 Å². The van der Waals surface area contributed by atoms with E-state index < -0.39 is 23.4 Å². The first-order valence-electron chi connectivity index (χ1n) is 12.5. The molecule has 4 aromatic rings. The van der Waals surface area contributed by atoms with Gasteiger partial charge in [-0.05, 0) is 47.0 Å². The number of methoxy groups -OCH3 is 1. The van der Waals surface area contributed by atoms with Crippen molar-refractivity contribution >= 4 is 22.4 Å². The fourth-order valence-corrected chi connectivity index (χ4v) is 6.14. The van der Waals surface area contributed by atoms with Gasteiger partial charge in [-0.15, -0.1) is 0 Å². The van der Waals surface area contributed by atoms with Crippen LogP contribution in [0.4, 0.5) is 5.69 Å². The van der Waals surface area contributed by atoms with Gasteiger partial charge in [0.2, 0.25) is 0 Å². The molecule has 0 saturated carbocycles. The zero-order valence-electron chi connectivity index (χ0n) is 21.0. The van der Waals surface area contributed by atoms with Crippen LogP contribution in [-0.4, -0.2) is 30.0 Å². The largest absolute Gasteiger partial charge is 0.493 e. The summed E-state index contributed by atoms with van der Waals surface area (Å²) in [6.07, 6.45) is 0. The first kappa shape index (κ1) is 23.9. The van der Waals surface area contributed by atoms with Crippen LogP contribution in [0.2, 0.25) is 0 Å². The van der Waals surface area contributed by atoms with Crippen LogP contribution in [0.1, 0.15) is 29.5 Å². The van der Waals surface area contributed by atoms with E-state index in [9.17, 15) is 14.9 Å². The Hall–Kier alpha value is -4.43. The molecule has 1 fully saturated rings. The van der Waals surface area contributed by atoms with E-state index in [1.807, 2.05) is 37.3 Å². The Morgan fingerprint density at radius 1 is 0.974 bits per heavy atom. The van der Waals surface area contributed by atoms with Gasteiger partial charge in [0.1, 0.15) is 6.61 Å². The maximum Gasteiger partial charge on any atom is 0.256 e. The highest BCUT2D eigenvalue weighted by molar-refractivity contribution is 6.07. The van der Waals surface area contributed by atoms with E-state index in [1.54, 1.807) is 43.5 Å². The Balaban J connectivity index is 1.33. The molecule has 0 unspecified atom stereocenters. The quantitative estimate of drug-likeness (QED) is 0.280. The third-order valence-electron chi connectivity index (χ3n) is 7.80. The third-order valence-corrected chi connectivity index (χ3v) is 7.80. The average Bonchev–Trinajstić information content (AvgIpc) is 3.40. The van der Waals surface area contributed by atoms with E-state index in [2.05, 4.69) is 28.8 Å². The zero-order chi connectivity index (χ0) is 26.4. The molecular weight excluding hydrogens is 482 g/mol. The number of fused-ring (bicyclic) bond motifs is 3. The number of carbonyl (C=O) groups is 1. The van der Waals surface area contributed by atoms with Crippen LogP contribution >= 0.6 is 0 Å². The summed E-state index contributed by atoms with van der Waals surface area (Å²) >= 11 is 0. The van der Waals surface area contributed by atoms with Gasteiger partial charge in [-0.1, -0.05) is 66.7 Å². The monoisotopic (exact) mass is 509 g/mol. The lowest BCUT2D eigenvalue weighted by molar-refractivity contribution is -0.532. The number of anilines is 1. The summed E-state index contributed by atoms with van der Waals surface area (Å²) in [4.78, 5) is 25.5. The molecule has 4 atom stereocenters. The first-order valence-corrected chi connectivity index (χ1v) is 12.5. The van der Waals surface area contributed by atoms with Crippen LogP contribution in [-0.2, 0) is 16.9 Å². The number of hydrogen-bond donors (Lipinski definition) is 2. The van der Waals surface area contributed by atoms with Gasteiger partial charge in [0.05, 0.1) is 13.0 Å². The minimum atomic E-state index is -1.46. The molecule has 1 saturated heterocycles. The second-order valence-electron chi connectivity index (χ2n) is 9.83. The summed E-state index contributed by atoms with van der Waals surface area (Å²) in [5.74, 6) is 0.0352. The molecular formula is C30H27N3O5. The minimum absolute atomic E-state index is 0.333. The van der Waals surface area contributed by atoms with Gasteiger partial charge >= 0.3 is 0 Å². The lowest BCUT2D eigenvalue weighted by Gasteiger charge is -2.25. The normalized spacial score (nSPS) is 23.8. The molecule has 8 nitrogen and oxygen atoms in total. The smallest absolute Gasteiger partial charge is 0.256 e. The van der Waals surface area contributed by atoms with Crippen molar-refractivity contribution in [2.45, 2.75) is 37.1 Å². The van der Waals surface area contributed by atoms with Crippen molar-refractivity contribution in [2.75, 3.05) is 12.4 Å². The van der Waals surface area contributed by atoms with E-state index in [0.717, 1.165) is 16.3 Å². The lowest BCUT2D eigenvalue weighted by Crippen LogP contribution is -2.54. The Morgan fingerprint density at radius 2 is 1.74 bits per heavy atom. The Kier molecular flexibility index (Phi) is 5.76. The van der Waals surface area contributed by atoms with E-state index in [1.165, 1.54) is 0 Å². The van der Waals surface area contributed by atoms with Gasteiger partial charge in [0, 0.05) is 22.2 Å². The predicted octanol–water partition coefficient (Wildman–Crippen LogP) is 5.00. The second-order valence-corrected chi connectivity index (χ2v) is 9.83. The molecule has 0 bridgehead atoms. The standard InChI is InChI=1S/C30H27N3O5/c1-18-27(28(33(35)36)30(32-18)23-12-5-6-13-24(23)31-29(30)34)20-14-15-25(26(16-20)37-2)38-17-21-10-7-9-19-8-3-4-11-22(19)21/h3-16,18,27-28,32H,17H2,1-2H3,(H,31,34)/t18-,27-,28-,30+/m0/s1. The van der Waals surface area contributed by atoms with Crippen LogP contribution in [0.3, 0.4) is 0 Å². The molecule has 1 amide bonds. The molecule has 2 N–H and O–H groups in total. The molecule has 2 heterocycles. The molecule has 0 aromatic heterocycles. The third kappa shape index (κ3) is 3.60. The summed E-state index contributed by atoms with van der Waals surface area (Å²) in [6, 6.07) is 25.2. The molecule has 4 aromatic carbocycles. The number of nitrogens with one attached hydrogen (secondary N) is 2. The lowest BCUT2D eigenvalue weighted by atomic mass is 9.78. The van der Waals surface area contributed by atoms with Crippen molar-refractivity contribution < 1.29 is 19.2 Å². The molecule has 0 radical (unpaired) electrons. The highest BCUT2D eigenvalue weighted by atomic mass is 16.6. The number of nitrogens with zero attached hydrogens (tertiary/aromatic N) is 1. The maximum atomic E-state index is 13.3. The number of carbonyl (C=O) groups excluding carboxylic acids is 1. The SMILES string of the molecule is COc1cc([C@@H]2[C@H](C)N[C@@]3(C(=O)Nc4ccccc43)[C@H]2[N+](=O)[O-])ccc1OCc1cccc2ccccc12. The number of rotatable bonds is 6. The summed E-state index contributed by atoms with van der Waals surface area (Å²) < 4.78 is 11.8. The van der Waals surface area contributed by atoms with Gasteiger partial charge in [-0.3, -0.25) is 20.2 Å². The highest BCUT2D eigenvalue weighted by Gasteiger charge is 2.67. The van der Waals surface area contributed by atoms with Crippen LogP contribution in [0, 0.1) is 10.1 Å². The maximum absolute atomic E-state index is 13.3. The molecule has 38 heavy (non-hydrogen) atoms. The zero-order valence-corrected chi connectivity index (χ0v) is 21.0. The number of ether oxygens (including phenoxy) is 2. The average molecular weight is 510 g/mol. The number of benzene rings is 4. The Bertz CT molecular complexity index is 1570. The molecule has 1 spiro atoms. The second kappa shape index (κ2) is 9.15. The van der Waals surface area contributed by atoms with E-state index >= 15 is 0 Å². The van der Waals surface area contributed by atoms with Crippen molar-refractivity contribution in [3.63, 3.8) is 0 Å². The number of amides is 1. The highest BCUT2D eigenvalue weighted by Crippen LogP contribution is 2.50. The fourth-order valence-electron chi connectivity index (χ4n) is 6.14. The van der Waals surface area contributed by atoms with Crippen LogP contribution in [0.5, 0.6) is 11.5 Å². The topological polar surface area (TPSA) is 103 Å². The van der Waals surface area contributed by atoms with Crippen molar-refractivity contribution in [1.29, 1.82) is 0 Å². The summed E-state index contributed by atoms with van der Waals surface area (Å²) in [6.45, 7) is 2.22. The molecule has 2 aliphatic heterocycles. The summed E-state index contributed by atoms with van der Waals surface area (Å²) in [7, 11) is 1.55. The molecule has 6 rings (SSSR count). The van der Waals surface area contributed by atoms with E-state index in [0.29, 0.717) is 34.9 Å². The Labute approximate surface area is 219 Å². The van der Waals surface area contributed by atoms with Crippen LogP contribution < -0.4 is 20.1 Å². The molecule has 8 heteroatoms. The van der Waals surface area contributed by atoms with E-state index in [-0.39, 0.29) is 11.0 Å². The van der Waals surface area contributed by atoms with E-state index in [4.69, 9.17) is 9.47 Å².